The molecule has 20 heavy (non-hydrogen) atoms. The molecule has 2 aliphatic rings. The predicted molar refractivity (Wildman–Crippen MR) is 70.6 cm³/mol. The average molecular weight is 297 g/mol. The Kier molecular flexibility index (Phi) is 3.25. The number of hydrogen-bond donors (Lipinski definition) is 0. The summed E-state index contributed by atoms with van der Waals surface area (Å²) in [6, 6.07) is 4.99. The number of rotatable bonds is 4. The van der Waals surface area contributed by atoms with E-state index < -0.39 is 15.0 Å². The fraction of sp³-hybridized carbons (Fsp3) is 0.538. The summed E-state index contributed by atoms with van der Waals surface area (Å²) < 4.78 is 29.7. The van der Waals surface area contributed by atoms with Crippen LogP contribution in [-0.4, -0.2) is 19.4 Å². The van der Waals surface area contributed by atoms with E-state index in [9.17, 15) is 18.5 Å². The summed E-state index contributed by atoms with van der Waals surface area (Å²) >= 11 is 0. The Balaban J connectivity index is 1.81. The van der Waals surface area contributed by atoms with Crippen LogP contribution in [0.3, 0.4) is 0 Å². The molecule has 0 unspecified atom stereocenters. The number of hydrogen-bond acceptors (Lipinski definition) is 5. The third-order valence-electron chi connectivity index (χ3n) is 4.24. The van der Waals surface area contributed by atoms with Crippen molar-refractivity contribution >= 4 is 15.8 Å². The maximum Gasteiger partial charge on any atom is 0.297 e. The van der Waals surface area contributed by atoms with Gasteiger partial charge in [-0.2, -0.15) is 8.42 Å². The van der Waals surface area contributed by atoms with Crippen LogP contribution in [0.25, 0.3) is 0 Å². The molecule has 2 aliphatic carbocycles. The lowest BCUT2D eigenvalue weighted by atomic mass is 9.98. The highest BCUT2D eigenvalue weighted by Crippen LogP contribution is 2.46. The Morgan fingerprint density at radius 3 is 2.65 bits per heavy atom. The first kappa shape index (κ1) is 13.5. The molecule has 0 heterocycles. The van der Waals surface area contributed by atoms with Gasteiger partial charge in [0.15, 0.2) is 0 Å². The minimum Gasteiger partial charge on any atom is -0.263 e. The molecule has 0 radical (unpaired) electrons. The van der Waals surface area contributed by atoms with Crippen LogP contribution in [-0.2, 0) is 14.3 Å². The summed E-state index contributed by atoms with van der Waals surface area (Å²) in [5, 5.41) is 10.7. The molecule has 1 aromatic carbocycles. The lowest BCUT2D eigenvalue weighted by Gasteiger charge is -2.21. The molecule has 7 heteroatoms. The number of fused-ring (bicyclic) bond motifs is 2. The highest BCUT2D eigenvalue weighted by atomic mass is 32.2. The van der Waals surface area contributed by atoms with Crippen molar-refractivity contribution in [3.8, 4) is 0 Å². The van der Waals surface area contributed by atoms with Crippen molar-refractivity contribution < 1.29 is 17.5 Å². The highest BCUT2D eigenvalue weighted by Gasteiger charge is 2.42. The van der Waals surface area contributed by atoms with E-state index in [1.54, 1.807) is 0 Å². The van der Waals surface area contributed by atoms with Crippen molar-refractivity contribution in [2.24, 2.45) is 11.8 Å². The van der Waals surface area contributed by atoms with E-state index in [0.29, 0.717) is 11.8 Å². The summed E-state index contributed by atoms with van der Waals surface area (Å²) in [6.07, 6.45) is 3.72. The van der Waals surface area contributed by atoms with E-state index in [1.807, 2.05) is 0 Å². The van der Waals surface area contributed by atoms with E-state index in [1.165, 1.54) is 18.2 Å². The number of nitro benzene ring substituents is 1. The zero-order valence-electron chi connectivity index (χ0n) is 10.8. The molecule has 0 aliphatic heterocycles. The molecular weight excluding hydrogens is 282 g/mol. The minimum atomic E-state index is -3.93. The molecule has 6 nitrogen and oxygen atoms in total. The molecule has 3 rings (SSSR count). The van der Waals surface area contributed by atoms with E-state index in [4.69, 9.17) is 4.18 Å². The van der Waals surface area contributed by atoms with Crippen LogP contribution < -0.4 is 0 Å². The van der Waals surface area contributed by atoms with Crippen molar-refractivity contribution in [2.75, 3.05) is 0 Å². The predicted octanol–water partition coefficient (Wildman–Crippen LogP) is 2.49. The highest BCUT2D eigenvalue weighted by molar-refractivity contribution is 7.86. The summed E-state index contributed by atoms with van der Waals surface area (Å²) in [7, 11) is -3.93. The quantitative estimate of drug-likeness (QED) is 0.484. The zero-order valence-corrected chi connectivity index (χ0v) is 11.6. The second kappa shape index (κ2) is 4.82. The largest absolute Gasteiger partial charge is 0.297 e. The fourth-order valence-corrected chi connectivity index (χ4v) is 4.46. The first-order chi connectivity index (χ1) is 9.45. The number of non-ortho nitro benzene ring substituents is 1. The van der Waals surface area contributed by atoms with Crippen molar-refractivity contribution in [2.45, 2.75) is 36.7 Å². The monoisotopic (exact) mass is 297 g/mol. The van der Waals surface area contributed by atoms with E-state index in [-0.39, 0.29) is 16.7 Å². The second-order valence-electron chi connectivity index (χ2n) is 5.52. The van der Waals surface area contributed by atoms with Crippen molar-refractivity contribution in [3.63, 3.8) is 0 Å². The van der Waals surface area contributed by atoms with Gasteiger partial charge in [0.2, 0.25) is 0 Å². The maximum absolute atomic E-state index is 12.2. The standard InChI is InChI=1S/C13H15NO5S/c15-14(16)11-2-1-3-12(8-11)20(17,18)19-13-7-9-4-5-10(13)6-9/h1-3,8-10,13H,4-7H2/t9-,10+,13-/m1/s1. The first-order valence-electron chi connectivity index (χ1n) is 6.63. The van der Waals surface area contributed by atoms with Gasteiger partial charge in [0.1, 0.15) is 4.90 Å². The maximum atomic E-state index is 12.2. The van der Waals surface area contributed by atoms with Crippen molar-refractivity contribution in [1.82, 2.24) is 0 Å². The summed E-state index contributed by atoms with van der Waals surface area (Å²) in [6.45, 7) is 0. The van der Waals surface area contributed by atoms with Gasteiger partial charge in [-0.3, -0.25) is 14.3 Å². The van der Waals surface area contributed by atoms with Crippen LogP contribution in [0.5, 0.6) is 0 Å². The lowest BCUT2D eigenvalue weighted by Crippen LogP contribution is -2.24. The third kappa shape index (κ3) is 2.43. The third-order valence-corrected chi connectivity index (χ3v) is 5.57. The van der Waals surface area contributed by atoms with Gasteiger partial charge in [-0.25, -0.2) is 0 Å². The van der Waals surface area contributed by atoms with E-state index >= 15 is 0 Å². The molecule has 1 aromatic rings. The Hall–Kier alpha value is -1.47. The molecule has 108 valence electrons. The van der Waals surface area contributed by atoms with Gasteiger partial charge in [0.05, 0.1) is 11.0 Å². The van der Waals surface area contributed by atoms with Gasteiger partial charge >= 0.3 is 0 Å². The molecular formula is C13H15NO5S. The van der Waals surface area contributed by atoms with Gasteiger partial charge in [0, 0.05) is 12.1 Å². The van der Waals surface area contributed by atoms with Crippen LogP contribution in [0, 0.1) is 22.0 Å². The lowest BCUT2D eigenvalue weighted by molar-refractivity contribution is -0.385. The topological polar surface area (TPSA) is 86.5 Å². The summed E-state index contributed by atoms with van der Waals surface area (Å²) in [4.78, 5) is 9.94. The normalized spacial score (nSPS) is 28.7. The van der Waals surface area contributed by atoms with Crippen LogP contribution >= 0.6 is 0 Å². The number of benzene rings is 1. The van der Waals surface area contributed by atoms with Gasteiger partial charge in [-0.15, -0.1) is 0 Å². The zero-order chi connectivity index (χ0) is 14.3. The molecule has 0 N–H and O–H groups in total. The van der Waals surface area contributed by atoms with E-state index in [2.05, 4.69) is 0 Å². The van der Waals surface area contributed by atoms with Crippen molar-refractivity contribution in [3.05, 3.63) is 34.4 Å². The van der Waals surface area contributed by atoms with Crippen LogP contribution in [0.15, 0.2) is 29.2 Å². The molecule has 0 spiro atoms. The number of nitrogens with zero attached hydrogens (tertiary/aromatic N) is 1. The van der Waals surface area contributed by atoms with Gasteiger partial charge in [-0.1, -0.05) is 6.07 Å². The molecule has 0 saturated heterocycles. The second-order valence-corrected chi connectivity index (χ2v) is 7.09. The summed E-state index contributed by atoms with van der Waals surface area (Å²) in [5.41, 5.74) is -0.248. The minimum absolute atomic E-state index is 0.144. The molecule has 3 atom stereocenters. The first-order valence-corrected chi connectivity index (χ1v) is 8.04. The van der Waals surface area contributed by atoms with Crippen molar-refractivity contribution in [1.29, 1.82) is 0 Å². The Labute approximate surface area is 117 Å². The number of nitro groups is 1. The van der Waals surface area contributed by atoms with Crippen LogP contribution in [0.1, 0.15) is 25.7 Å². The van der Waals surface area contributed by atoms with Gasteiger partial charge in [0.25, 0.3) is 15.8 Å². The Bertz CT molecular complexity index is 642. The molecule has 0 amide bonds. The molecule has 2 fully saturated rings. The molecule has 2 saturated carbocycles. The SMILES string of the molecule is O=[N+]([O-])c1cccc(S(=O)(=O)O[C@@H]2C[C@@H]3CC[C@H]2C3)c1. The average Bonchev–Trinajstić information content (AvgIpc) is 3.00. The van der Waals surface area contributed by atoms with Gasteiger partial charge < -0.3 is 0 Å². The molecule has 2 bridgehead atoms. The Morgan fingerprint density at radius 1 is 1.25 bits per heavy atom. The summed E-state index contributed by atoms with van der Waals surface area (Å²) in [5.74, 6) is 0.888. The molecule has 0 aromatic heterocycles. The van der Waals surface area contributed by atoms with E-state index in [0.717, 1.165) is 31.7 Å². The van der Waals surface area contributed by atoms with Crippen LogP contribution in [0.4, 0.5) is 5.69 Å². The van der Waals surface area contributed by atoms with Gasteiger partial charge in [-0.05, 0) is 43.6 Å². The smallest absolute Gasteiger partial charge is 0.263 e. The van der Waals surface area contributed by atoms with Crippen LogP contribution in [0.2, 0.25) is 0 Å². The fourth-order valence-electron chi connectivity index (χ4n) is 3.28. The Morgan fingerprint density at radius 2 is 2.05 bits per heavy atom.